The Balaban J connectivity index is 1.60. The first kappa shape index (κ1) is 30.0. The molecule has 0 bridgehead atoms. The van der Waals surface area contributed by atoms with Crippen LogP contribution in [0.25, 0.3) is 22.3 Å². The first-order valence-corrected chi connectivity index (χ1v) is 12.9. The number of phenols is 3. The second-order valence-electron chi connectivity index (χ2n) is 10.1. The van der Waals surface area contributed by atoms with Crippen LogP contribution in [-0.2, 0) is 14.2 Å². The highest BCUT2D eigenvalue weighted by Gasteiger charge is 2.51. The zero-order chi connectivity index (χ0) is 30.5. The molecule has 15 nitrogen and oxygen atoms in total. The summed E-state index contributed by atoms with van der Waals surface area (Å²) in [6.07, 6.45) is -16.3. The third-order valence-corrected chi connectivity index (χ3v) is 7.21. The molecule has 0 radical (unpaired) electrons. The maximum atomic E-state index is 13.7. The molecule has 2 fully saturated rings. The Labute approximate surface area is 236 Å². The highest BCUT2D eigenvalue weighted by Crippen LogP contribution is 2.38. The van der Waals surface area contributed by atoms with Gasteiger partial charge in [-0.1, -0.05) is 0 Å². The number of ether oxygens (including phenoxy) is 4. The maximum Gasteiger partial charge on any atom is 0.239 e. The maximum absolute atomic E-state index is 13.7. The van der Waals surface area contributed by atoms with Gasteiger partial charge in [-0.2, -0.15) is 0 Å². The smallest absolute Gasteiger partial charge is 0.239 e. The summed E-state index contributed by atoms with van der Waals surface area (Å²) in [5.41, 5.74) is -0.995. The zero-order valence-electron chi connectivity index (χ0n) is 21.9. The van der Waals surface area contributed by atoms with Gasteiger partial charge in [0.1, 0.15) is 64.8 Å². The van der Waals surface area contributed by atoms with Crippen LogP contribution in [0.2, 0.25) is 0 Å². The number of benzene rings is 2. The molecule has 0 aliphatic carbocycles. The van der Waals surface area contributed by atoms with E-state index in [0.29, 0.717) is 0 Å². The Kier molecular flexibility index (Phi) is 8.30. The third-order valence-electron chi connectivity index (χ3n) is 7.21. The van der Waals surface area contributed by atoms with E-state index in [2.05, 4.69) is 0 Å². The van der Waals surface area contributed by atoms with Crippen molar-refractivity contribution >= 4 is 11.0 Å². The van der Waals surface area contributed by atoms with Crippen molar-refractivity contribution in [1.29, 1.82) is 0 Å². The summed E-state index contributed by atoms with van der Waals surface area (Å²) in [7, 11) is 0. The Bertz CT molecular complexity index is 1470. The lowest BCUT2D eigenvalue weighted by Crippen LogP contribution is -2.64. The Hall–Kier alpha value is -3.51. The molecule has 2 aliphatic heterocycles. The van der Waals surface area contributed by atoms with Gasteiger partial charge in [-0.3, -0.25) is 4.79 Å². The topological polar surface area (TPSA) is 249 Å². The molecule has 1 aromatic heterocycles. The van der Waals surface area contributed by atoms with Crippen molar-refractivity contribution in [2.45, 2.75) is 68.3 Å². The molecule has 15 heteroatoms. The summed E-state index contributed by atoms with van der Waals surface area (Å²) in [4.78, 5) is 13.7. The monoisotopic (exact) mass is 594 g/mol. The second kappa shape index (κ2) is 11.6. The predicted octanol–water partition coefficient (Wildman–Crippen LogP) is -1.39. The Morgan fingerprint density at radius 2 is 1.50 bits per heavy atom. The fraction of sp³-hybridized carbons (Fsp3) is 0.444. The summed E-state index contributed by atoms with van der Waals surface area (Å²) in [6, 6.07) is 7.31. The van der Waals surface area contributed by atoms with E-state index in [-0.39, 0.29) is 22.7 Å². The fourth-order valence-electron chi connectivity index (χ4n) is 4.87. The van der Waals surface area contributed by atoms with E-state index < -0.39 is 96.1 Å². The van der Waals surface area contributed by atoms with Crippen molar-refractivity contribution in [3.8, 4) is 34.3 Å². The summed E-state index contributed by atoms with van der Waals surface area (Å²) >= 11 is 0. The van der Waals surface area contributed by atoms with Crippen LogP contribution in [0.1, 0.15) is 6.92 Å². The molecule has 0 amide bonds. The Morgan fingerprint density at radius 1 is 0.810 bits per heavy atom. The third kappa shape index (κ3) is 5.37. The highest BCUT2D eigenvalue weighted by atomic mass is 16.8. The van der Waals surface area contributed by atoms with E-state index in [1.807, 2.05) is 0 Å². The van der Waals surface area contributed by atoms with Crippen molar-refractivity contribution < 1.29 is 69.3 Å². The SMILES string of the molecule is C[C@H]1O[C@@H](O[C@H]2[C@@H](Oc3c(-c4ccc(O)cc4)oc4cc(O)cc(O)c4c3=O)O[C@@H](CO)[C@@H](O)[C@@H]2O)[C@H](O)[C@H](O)[C@H]1O. The van der Waals surface area contributed by atoms with Crippen LogP contribution in [0, 0.1) is 0 Å². The predicted molar refractivity (Wildman–Crippen MR) is 139 cm³/mol. The number of aromatic hydroxyl groups is 3. The minimum Gasteiger partial charge on any atom is -0.508 e. The molecule has 2 saturated heterocycles. The van der Waals surface area contributed by atoms with E-state index in [4.69, 9.17) is 23.4 Å². The van der Waals surface area contributed by atoms with Crippen LogP contribution >= 0.6 is 0 Å². The molecule has 9 N–H and O–H groups in total. The van der Waals surface area contributed by atoms with E-state index in [1.165, 1.54) is 31.2 Å². The average molecular weight is 595 g/mol. The highest BCUT2D eigenvalue weighted by molar-refractivity contribution is 5.88. The molecular formula is C27H30O15. The number of aliphatic hydroxyl groups excluding tert-OH is 6. The fourth-order valence-corrected chi connectivity index (χ4v) is 4.87. The molecule has 10 atom stereocenters. The van der Waals surface area contributed by atoms with E-state index in [9.17, 15) is 50.8 Å². The molecule has 0 saturated carbocycles. The number of phenolic OH excluding ortho intramolecular Hbond substituents is 3. The zero-order valence-corrected chi connectivity index (χ0v) is 21.9. The van der Waals surface area contributed by atoms with Crippen LogP contribution in [0.3, 0.4) is 0 Å². The quantitative estimate of drug-likeness (QED) is 0.159. The van der Waals surface area contributed by atoms with Gasteiger partial charge in [0.15, 0.2) is 18.2 Å². The largest absolute Gasteiger partial charge is 0.508 e. The molecule has 0 unspecified atom stereocenters. The van der Waals surface area contributed by atoms with E-state index in [1.54, 1.807) is 0 Å². The van der Waals surface area contributed by atoms with Gasteiger partial charge in [0.2, 0.25) is 17.5 Å². The second-order valence-corrected chi connectivity index (χ2v) is 10.1. The molecule has 5 rings (SSSR count). The van der Waals surface area contributed by atoms with Crippen LogP contribution in [0.4, 0.5) is 0 Å². The minimum atomic E-state index is -1.87. The first-order chi connectivity index (χ1) is 19.9. The molecule has 42 heavy (non-hydrogen) atoms. The summed E-state index contributed by atoms with van der Waals surface area (Å²) in [5, 5.41) is 91.6. The normalized spacial score (nSPS) is 33.5. The van der Waals surface area contributed by atoms with Crippen LogP contribution in [0.5, 0.6) is 23.0 Å². The van der Waals surface area contributed by atoms with Crippen LogP contribution in [-0.4, -0.2) is 114 Å². The number of hydrogen-bond donors (Lipinski definition) is 9. The minimum absolute atomic E-state index is 0.112. The summed E-state index contributed by atoms with van der Waals surface area (Å²) in [5.74, 6) is -2.03. The van der Waals surface area contributed by atoms with Gasteiger partial charge in [0.25, 0.3) is 0 Å². The van der Waals surface area contributed by atoms with Crippen molar-refractivity contribution in [2.24, 2.45) is 0 Å². The van der Waals surface area contributed by atoms with E-state index >= 15 is 0 Å². The summed E-state index contributed by atoms with van der Waals surface area (Å²) in [6.45, 7) is 0.593. The molecular weight excluding hydrogens is 564 g/mol. The molecule has 2 aromatic carbocycles. The van der Waals surface area contributed by atoms with Crippen LogP contribution in [0.15, 0.2) is 45.6 Å². The van der Waals surface area contributed by atoms with Crippen molar-refractivity contribution in [3.63, 3.8) is 0 Å². The molecule has 0 spiro atoms. The molecule has 3 aromatic rings. The van der Waals surface area contributed by atoms with Gasteiger partial charge in [-0.05, 0) is 31.2 Å². The van der Waals surface area contributed by atoms with E-state index in [0.717, 1.165) is 12.1 Å². The standard InChI is InChI=1S/C27H30O15/c1-9-17(32)20(35)22(37)26(38-9)42-25-21(36)18(33)15(8-28)40-27(25)41-24-19(34)16-13(31)6-12(30)7-14(16)39-23(24)10-2-4-11(29)5-3-10/h2-7,9,15,17-18,20-22,25-33,35-37H,8H2,1H3/t9-,15+,17+,18-,20-,21+,22-,25-,26+,27-/m1/s1. The number of hydrogen-bond acceptors (Lipinski definition) is 15. The lowest BCUT2D eigenvalue weighted by Gasteiger charge is -2.45. The van der Waals surface area contributed by atoms with Crippen molar-refractivity contribution in [1.82, 2.24) is 0 Å². The van der Waals surface area contributed by atoms with Gasteiger partial charge in [0, 0.05) is 17.7 Å². The average Bonchev–Trinajstić information content (AvgIpc) is 2.95. The molecule has 228 valence electrons. The van der Waals surface area contributed by atoms with Crippen molar-refractivity contribution in [2.75, 3.05) is 6.61 Å². The Morgan fingerprint density at radius 3 is 2.17 bits per heavy atom. The summed E-state index contributed by atoms with van der Waals surface area (Å²) < 4.78 is 28.5. The van der Waals surface area contributed by atoms with Gasteiger partial charge < -0.3 is 69.3 Å². The van der Waals surface area contributed by atoms with Crippen molar-refractivity contribution in [3.05, 3.63) is 46.6 Å². The lowest BCUT2D eigenvalue weighted by molar-refractivity contribution is -0.354. The molecule has 3 heterocycles. The lowest BCUT2D eigenvalue weighted by atomic mass is 9.97. The van der Waals surface area contributed by atoms with Crippen LogP contribution < -0.4 is 10.2 Å². The number of aliphatic hydroxyl groups is 6. The number of fused-ring (bicyclic) bond motifs is 1. The first-order valence-electron chi connectivity index (χ1n) is 12.9. The van der Waals surface area contributed by atoms with Gasteiger partial charge >= 0.3 is 0 Å². The van der Waals surface area contributed by atoms with Gasteiger partial charge in [-0.25, -0.2) is 0 Å². The number of rotatable bonds is 6. The van der Waals surface area contributed by atoms with Gasteiger partial charge in [-0.15, -0.1) is 0 Å². The van der Waals surface area contributed by atoms with Gasteiger partial charge in [0.05, 0.1) is 12.7 Å². The molecule has 2 aliphatic rings.